The molecule has 3 aromatic rings. The molecule has 3 rings (SSSR count). The van der Waals surface area contributed by atoms with Crippen molar-refractivity contribution in [3.8, 4) is 11.3 Å². The normalized spacial score (nSPS) is 10.9. The van der Waals surface area contributed by atoms with Crippen molar-refractivity contribution in [2.45, 2.75) is 6.92 Å². The highest BCUT2D eigenvalue weighted by atomic mass is 19.1. The first kappa shape index (κ1) is 12.4. The molecule has 0 aliphatic rings. The lowest BCUT2D eigenvalue weighted by atomic mass is 10.0. The summed E-state index contributed by atoms with van der Waals surface area (Å²) < 4.78 is 18.9. The summed E-state index contributed by atoms with van der Waals surface area (Å²) in [4.78, 5) is 11.2. The van der Waals surface area contributed by atoms with E-state index in [0.717, 1.165) is 17.0 Å². The molecule has 0 fully saturated rings. The Hall–Kier alpha value is -2.62. The third kappa shape index (κ3) is 1.95. The number of rotatable bonds is 2. The van der Waals surface area contributed by atoms with Gasteiger partial charge in [0, 0.05) is 10.9 Å². The predicted octanol–water partition coefficient (Wildman–Crippen LogP) is 4.25. The van der Waals surface area contributed by atoms with Gasteiger partial charge in [0.15, 0.2) is 0 Å². The zero-order valence-electron chi connectivity index (χ0n) is 10.7. The molecule has 0 unspecified atom stereocenters. The van der Waals surface area contributed by atoms with Gasteiger partial charge < -0.3 is 9.52 Å². The van der Waals surface area contributed by atoms with Crippen LogP contribution in [0.1, 0.15) is 15.9 Å². The molecule has 0 bridgehead atoms. The molecular formula is C16H11FO3. The molecule has 0 radical (unpaired) electrons. The van der Waals surface area contributed by atoms with Gasteiger partial charge in [-0.1, -0.05) is 18.2 Å². The minimum absolute atomic E-state index is 0.110. The van der Waals surface area contributed by atoms with Crippen molar-refractivity contribution in [2.75, 3.05) is 0 Å². The van der Waals surface area contributed by atoms with Crippen molar-refractivity contribution in [3.63, 3.8) is 0 Å². The Morgan fingerprint density at radius 1 is 1.20 bits per heavy atom. The molecule has 0 aliphatic heterocycles. The number of carbonyl (C=O) groups is 1. The van der Waals surface area contributed by atoms with Crippen LogP contribution < -0.4 is 0 Å². The third-order valence-electron chi connectivity index (χ3n) is 3.22. The number of halogens is 1. The first-order chi connectivity index (χ1) is 9.56. The van der Waals surface area contributed by atoms with E-state index in [9.17, 15) is 14.3 Å². The van der Waals surface area contributed by atoms with Crippen LogP contribution in [0.3, 0.4) is 0 Å². The second-order valence-corrected chi connectivity index (χ2v) is 4.60. The fourth-order valence-electron chi connectivity index (χ4n) is 2.25. The van der Waals surface area contributed by atoms with Crippen molar-refractivity contribution in [1.82, 2.24) is 0 Å². The molecule has 100 valence electrons. The van der Waals surface area contributed by atoms with Gasteiger partial charge in [-0.15, -0.1) is 0 Å². The number of hydrogen-bond acceptors (Lipinski definition) is 2. The maximum Gasteiger partial charge on any atom is 0.336 e. The summed E-state index contributed by atoms with van der Waals surface area (Å²) in [5, 5.41) is 10.1. The Kier molecular flexibility index (Phi) is 2.79. The number of benzene rings is 2. The van der Waals surface area contributed by atoms with E-state index in [1.54, 1.807) is 6.07 Å². The zero-order valence-corrected chi connectivity index (χ0v) is 10.7. The molecule has 1 N–H and O–H groups in total. The molecule has 0 saturated carbocycles. The fraction of sp³-hybridized carbons (Fsp3) is 0.0625. The fourth-order valence-corrected chi connectivity index (χ4v) is 2.25. The minimum atomic E-state index is -1.18. The molecule has 3 nitrogen and oxygen atoms in total. The number of carboxylic acid groups (broad SMARTS) is 1. The summed E-state index contributed by atoms with van der Waals surface area (Å²) in [6.45, 7) is 1.92. The van der Waals surface area contributed by atoms with Gasteiger partial charge in [-0.3, -0.25) is 0 Å². The molecule has 1 heterocycles. The van der Waals surface area contributed by atoms with E-state index in [2.05, 4.69) is 0 Å². The van der Waals surface area contributed by atoms with Gasteiger partial charge in [0.25, 0.3) is 0 Å². The number of fused-ring (bicyclic) bond motifs is 1. The molecule has 0 spiro atoms. The molecule has 4 heteroatoms. The highest BCUT2D eigenvalue weighted by Crippen LogP contribution is 2.32. The molecule has 0 atom stereocenters. The average molecular weight is 270 g/mol. The van der Waals surface area contributed by atoms with E-state index in [1.807, 2.05) is 25.1 Å². The first-order valence-corrected chi connectivity index (χ1v) is 6.08. The maximum atomic E-state index is 13.2. The molecule has 0 amide bonds. The van der Waals surface area contributed by atoms with Crippen LogP contribution in [-0.4, -0.2) is 11.1 Å². The first-order valence-electron chi connectivity index (χ1n) is 6.08. The molecule has 2 aromatic carbocycles. The second kappa shape index (κ2) is 4.49. The monoisotopic (exact) mass is 270 g/mol. The maximum absolute atomic E-state index is 13.2. The number of para-hydroxylation sites is 1. The Morgan fingerprint density at radius 3 is 2.70 bits per heavy atom. The van der Waals surface area contributed by atoms with Crippen LogP contribution >= 0.6 is 0 Å². The summed E-state index contributed by atoms with van der Waals surface area (Å²) in [6, 6.07) is 11.1. The van der Waals surface area contributed by atoms with Crippen molar-refractivity contribution in [2.24, 2.45) is 0 Å². The van der Waals surface area contributed by atoms with Gasteiger partial charge in [0.2, 0.25) is 0 Å². The smallest absolute Gasteiger partial charge is 0.336 e. The largest absolute Gasteiger partial charge is 0.478 e. The van der Waals surface area contributed by atoms with Crippen molar-refractivity contribution in [3.05, 3.63) is 59.4 Å². The standard InChI is InChI=1S/C16H11FO3/c1-9-3-2-4-10-7-14(20-15(9)10)12-6-5-11(17)8-13(12)16(18)19/h2-8H,1H3,(H,18,19). The van der Waals surface area contributed by atoms with Gasteiger partial charge in [-0.25, -0.2) is 9.18 Å². The van der Waals surface area contributed by atoms with Gasteiger partial charge in [-0.05, 0) is 36.8 Å². The average Bonchev–Trinajstić information content (AvgIpc) is 2.84. The van der Waals surface area contributed by atoms with E-state index in [4.69, 9.17) is 4.42 Å². The van der Waals surface area contributed by atoms with Crippen LogP contribution in [-0.2, 0) is 0 Å². The molecule has 1 aromatic heterocycles. The lowest BCUT2D eigenvalue weighted by molar-refractivity contribution is 0.0697. The van der Waals surface area contributed by atoms with Crippen LogP contribution in [0.2, 0.25) is 0 Å². The lowest BCUT2D eigenvalue weighted by Gasteiger charge is -2.02. The number of hydrogen-bond donors (Lipinski definition) is 1. The minimum Gasteiger partial charge on any atom is -0.478 e. The van der Waals surface area contributed by atoms with Crippen LogP contribution in [0.25, 0.3) is 22.3 Å². The highest BCUT2D eigenvalue weighted by Gasteiger charge is 2.16. The Balaban J connectivity index is 2.25. The van der Waals surface area contributed by atoms with Gasteiger partial charge >= 0.3 is 5.97 Å². The summed E-state index contributed by atoms with van der Waals surface area (Å²) in [6.07, 6.45) is 0. The van der Waals surface area contributed by atoms with E-state index >= 15 is 0 Å². The lowest BCUT2D eigenvalue weighted by Crippen LogP contribution is -1.99. The van der Waals surface area contributed by atoms with Crippen molar-refractivity contribution >= 4 is 16.9 Å². The van der Waals surface area contributed by atoms with Crippen molar-refractivity contribution in [1.29, 1.82) is 0 Å². The SMILES string of the molecule is Cc1cccc2cc(-c3ccc(F)cc3C(=O)O)oc12. The van der Waals surface area contributed by atoms with Crippen LogP contribution in [0.15, 0.2) is 46.9 Å². The third-order valence-corrected chi connectivity index (χ3v) is 3.22. The van der Waals surface area contributed by atoms with Crippen LogP contribution in [0.5, 0.6) is 0 Å². The van der Waals surface area contributed by atoms with Crippen LogP contribution in [0, 0.1) is 12.7 Å². The van der Waals surface area contributed by atoms with E-state index in [1.165, 1.54) is 12.1 Å². The highest BCUT2D eigenvalue weighted by molar-refractivity contribution is 5.97. The van der Waals surface area contributed by atoms with E-state index in [-0.39, 0.29) is 5.56 Å². The van der Waals surface area contributed by atoms with Crippen molar-refractivity contribution < 1.29 is 18.7 Å². The predicted molar refractivity (Wildman–Crippen MR) is 73.3 cm³/mol. The van der Waals surface area contributed by atoms with Gasteiger partial charge in [0.1, 0.15) is 17.2 Å². The second-order valence-electron chi connectivity index (χ2n) is 4.60. The Labute approximate surface area is 114 Å². The number of aromatic carboxylic acids is 1. The number of furan rings is 1. The van der Waals surface area contributed by atoms with Gasteiger partial charge in [-0.2, -0.15) is 0 Å². The van der Waals surface area contributed by atoms with E-state index in [0.29, 0.717) is 16.9 Å². The molecule has 0 aliphatic carbocycles. The quantitative estimate of drug-likeness (QED) is 0.757. The Morgan fingerprint density at radius 2 is 2.00 bits per heavy atom. The summed E-state index contributed by atoms with van der Waals surface area (Å²) in [5.74, 6) is -1.35. The topological polar surface area (TPSA) is 50.4 Å². The number of aryl methyl sites for hydroxylation is 1. The Bertz CT molecular complexity index is 818. The molecule has 0 saturated heterocycles. The van der Waals surface area contributed by atoms with Crippen LogP contribution in [0.4, 0.5) is 4.39 Å². The summed E-state index contributed by atoms with van der Waals surface area (Å²) in [7, 11) is 0. The summed E-state index contributed by atoms with van der Waals surface area (Å²) >= 11 is 0. The number of carboxylic acids is 1. The summed E-state index contributed by atoms with van der Waals surface area (Å²) in [5.41, 5.74) is 1.94. The van der Waals surface area contributed by atoms with E-state index < -0.39 is 11.8 Å². The molecular weight excluding hydrogens is 259 g/mol. The zero-order chi connectivity index (χ0) is 14.3. The molecule has 20 heavy (non-hydrogen) atoms. The van der Waals surface area contributed by atoms with Gasteiger partial charge in [0.05, 0.1) is 5.56 Å².